The first-order valence-electron chi connectivity index (χ1n) is 7.75. The van der Waals surface area contributed by atoms with Gasteiger partial charge in [-0.05, 0) is 42.9 Å². The maximum atomic E-state index is 13.2. The summed E-state index contributed by atoms with van der Waals surface area (Å²) in [4.78, 5) is 14.1. The van der Waals surface area contributed by atoms with E-state index >= 15 is 0 Å². The highest BCUT2D eigenvalue weighted by atomic mass is 19.1. The molecule has 1 aromatic heterocycles. The van der Waals surface area contributed by atoms with Crippen LogP contribution >= 0.6 is 0 Å². The van der Waals surface area contributed by atoms with Crippen LogP contribution < -0.4 is 0 Å². The van der Waals surface area contributed by atoms with Crippen LogP contribution in [0.2, 0.25) is 0 Å². The highest BCUT2D eigenvalue weighted by Crippen LogP contribution is 2.23. The summed E-state index contributed by atoms with van der Waals surface area (Å²) in [5, 5.41) is 3.83. The summed E-state index contributed by atoms with van der Waals surface area (Å²) < 4.78 is 31.6. The number of halogens is 2. The minimum Gasteiger partial charge on any atom is -0.351 e. The van der Waals surface area contributed by atoms with E-state index in [-0.39, 0.29) is 17.6 Å². The molecule has 4 nitrogen and oxygen atoms in total. The van der Waals surface area contributed by atoms with Gasteiger partial charge in [0.1, 0.15) is 11.6 Å². The van der Waals surface area contributed by atoms with E-state index in [1.165, 1.54) is 12.1 Å². The van der Waals surface area contributed by atoms with Gasteiger partial charge < -0.3 is 9.42 Å². The van der Waals surface area contributed by atoms with Crippen molar-refractivity contribution in [2.24, 2.45) is 5.92 Å². The molecule has 1 fully saturated rings. The smallest absolute Gasteiger partial charge is 0.292 e. The number of hydrogen-bond acceptors (Lipinski definition) is 3. The molecular weight excluding hydrogens is 302 g/mol. The number of rotatable bonds is 4. The maximum absolute atomic E-state index is 13.2. The molecule has 1 atom stereocenters. The number of carbonyl (C=O) groups is 1. The van der Waals surface area contributed by atoms with Crippen LogP contribution in [-0.2, 0) is 12.8 Å². The van der Waals surface area contributed by atoms with E-state index in [1.807, 2.05) is 6.92 Å². The van der Waals surface area contributed by atoms with E-state index in [2.05, 4.69) is 5.16 Å². The van der Waals surface area contributed by atoms with Crippen LogP contribution in [0, 0.1) is 17.6 Å². The molecule has 2 aromatic rings. The molecule has 0 spiro atoms. The van der Waals surface area contributed by atoms with Crippen molar-refractivity contribution in [3.63, 3.8) is 0 Å². The Hall–Kier alpha value is -2.24. The second-order valence-electron chi connectivity index (χ2n) is 5.92. The van der Waals surface area contributed by atoms with Gasteiger partial charge in [0.05, 0.1) is 5.69 Å². The summed E-state index contributed by atoms with van der Waals surface area (Å²) in [6, 6.07) is 5.22. The van der Waals surface area contributed by atoms with Crippen molar-refractivity contribution in [3.05, 3.63) is 52.9 Å². The highest BCUT2D eigenvalue weighted by Gasteiger charge is 2.29. The standard InChI is InChI=1S/C17H18F2N2O2/c1-2-15-9-16(23-20-15)17(22)21-4-3-11(10-21)5-12-6-13(18)8-14(19)7-12/h6-9,11H,2-5,10H2,1H3. The summed E-state index contributed by atoms with van der Waals surface area (Å²) >= 11 is 0. The number of hydrogen-bond donors (Lipinski definition) is 0. The fraction of sp³-hybridized carbons (Fsp3) is 0.412. The van der Waals surface area contributed by atoms with Gasteiger partial charge >= 0.3 is 0 Å². The highest BCUT2D eigenvalue weighted by molar-refractivity contribution is 5.91. The average molecular weight is 320 g/mol. The Bertz CT molecular complexity index is 694. The lowest BCUT2D eigenvalue weighted by atomic mass is 9.98. The summed E-state index contributed by atoms with van der Waals surface area (Å²) in [7, 11) is 0. The van der Waals surface area contributed by atoms with E-state index in [1.54, 1.807) is 11.0 Å². The van der Waals surface area contributed by atoms with Crippen LogP contribution in [0.15, 0.2) is 28.8 Å². The zero-order chi connectivity index (χ0) is 16.4. The van der Waals surface area contributed by atoms with E-state index < -0.39 is 11.6 Å². The van der Waals surface area contributed by atoms with Gasteiger partial charge in [0.25, 0.3) is 5.91 Å². The Morgan fingerprint density at radius 1 is 1.30 bits per heavy atom. The molecule has 23 heavy (non-hydrogen) atoms. The third-order valence-corrected chi connectivity index (χ3v) is 4.15. The summed E-state index contributed by atoms with van der Waals surface area (Å²) in [6.07, 6.45) is 2.07. The molecule has 122 valence electrons. The predicted molar refractivity (Wildman–Crippen MR) is 80.0 cm³/mol. The quantitative estimate of drug-likeness (QED) is 0.869. The maximum Gasteiger partial charge on any atom is 0.292 e. The molecule has 0 N–H and O–H groups in total. The van der Waals surface area contributed by atoms with Crippen LogP contribution in [0.5, 0.6) is 0 Å². The molecule has 6 heteroatoms. The van der Waals surface area contributed by atoms with Crippen LogP contribution in [-0.4, -0.2) is 29.1 Å². The molecule has 0 radical (unpaired) electrons. The molecule has 1 saturated heterocycles. The van der Waals surface area contributed by atoms with Crippen LogP contribution in [0.25, 0.3) is 0 Å². The first-order chi connectivity index (χ1) is 11.0. The Balaban J connectivity index is 1.62. The zero-order valence-electron chi connectivity index (χ0n) is 12.9. The first-order valence-corrected chi connectivity index (χ1v) is 7.75. The fourth-order valence-electron chi connectivity index (χ4n) is 2.98. The largest absolute Gasteiger partial charge is 0.351 e. The second kappa shape index (κ2) is 6.48. The van der Waals surface area contributed by atoms with Crippen molar-refractivity contribution in [1.29, 1.82) is 0 Å². The van der Waals surface area contributed by atoms with Crippen LogP contribution in [0.4, 0.5) is 8.78 Å². The summed E-state index contributed by atoms with van der Waals surface area (Å²) in [6.45, 7) is 3.11. The zero-order valence-corrected chi connectivity index (χ0v) is 12.9. The Labute approximate surface area is 133 Å². The molecule has 2 heterocycles. The lowest BCUT2D eigenvalue weighted by molar-refractivity contribution is 0.0745. The van der Waals surface area contributed by atoms with E-state index in [0.717, 1.165) is 18.2 Å². The molecular formula is C17H18F2N2O2. The average Bonchev–Trinajstić information content (AvgIpc) is 3.14. The normalized spacial score (nSPS) is 17.7. The van der Waals surface area contributed by atoms with Gasteiger partial charge in [0.2, 0.25) is 5.76 Å². The monoisotopic (exact) mass is 320 g/mol. The molecule has 0 saturated carbocycles. The first kappa shape index (κ1) is 15.6. The molecule has 0 aliphatic carbocycles. The topological polar surface area (TPSA) is 46.3 Å². The number of likely N-dealkylation sites (tertiary alicyclic amines) is 1. The van der Waals surface area contributed by atoms with Gasteiger partial charge in [-0.15, -0.1) is 0 Å². The van der Waals surface area contributed by atoms with Gasteiger partial charge in [-0.2, -0.15) is 0 Å². The molecule has 1 amide bonds. The number of benzene rings is 1. The molecule has 1 aromatic carbocycles. The van der Waals surface area contributed by atoms with E-state index in [0.29, 0.717) is 31.5 Å². The van der Waals surface area contributed by atoms with Crippen LogP contribution in [0.1, 0.15) is 35.2 Å². The Kier molecular flexibility index (Phi) is 4.41. The predicted octanol–water partition coefficient (Wildman–Crippen LogP) is 3.22. The van der Waals surface area contributed by atoms with Gasteiger partial charge in [0.15, 0.2) is 0 Å². The van der Waals surface area contributed by atoms with Crippen molar-refractivity contribution in [2.45, 2.75) is 26.2 Å². The number of aromatic nitrogens is 1. The Morgan fingerprint density at radius 2 is 2.04 bits per heavy atom. The Morgan fingerprint density at radius 3 is 2.70 bits per heavy atom. The van der Waals surface area contributed by atoms with Crippen molar-refractivity contribution in [2.75, 3.05) is 13.1 Å². The van der Waals surface area contributed by atoms with Gasteiger partial charge in [0, 0.05) is 25.2 Å². The van der Waals surface area contributed by atoms with Gasteiger partial charge in [-0.1, -0.05) is 12.1 Å². The summed E-state index contributed by atoms with van der Waals surface area (Å²) in [5.41, 5.74) is 1.37. The third kappa shape index (κ3) is 3.57. The molecule has 0 bridgehead atoms. The number of aryl methyl sites for hydroxylation is 1. The SMILES string of the molecule is CCc1cc(C(=O)N2CCC(Cc3cc(F)cc(F)c3)C2)on1. The van der Waals surface area contributed by atoms with Gasteiger partial charge in [-0.25, -0.2) is 8.78 Å². The third-order valence-electron chi connectivity index (χ3n) is 4.15. The van der Waals surface area contributed by atoms with E-state index in [4.69, 9.17) is 4.52 Å². The number of nitrogens with zero attached hydrogens (tertiary/aromatic N) is 2. The summed E-state index contributed by atoms with van der Waals surface area (Å²) in [5.74, 6) is -0.877. The minimum absolute atomic E-state index is 0.176. The lowest BCUT2D eigenvalue weighted by Gasteiger charge is -2.14. The minimum atomic E-state index is -0.570. The van der Waals surface area contributed by atoms with Crippen molar-refractivity contribution >= 4 is 5.91 Å². The fourth-order valence-corrected chi connectivity index (χ4v) is 2.98. The van der Waals surface area contributed by atoms with E-state index in [9.17, 15) is 13.6 Å². The second-order valence-corrected chi connectivity index (χ2v) is 5.92. The van der Waals surface area contributed by atoms with Crippen molar-refractivity contribution in [1.82, 2.24) is 10.1 Å². The van der Waals surface area contributed by atoms with Gasteiger partial charge in [-0.3, -0.25) is 4.79 Å². The van der Waals surface area contributed by atoms with Crippen molar-refractivity contribution < 1.29 is 18.1 Å². The number of carbonyl (C=O) groups excluding carboxylic acids is 1. The molecule has 1 unspecified atom stereocenters. The number of amides is 1. The molecule has 3 rings (SSSR count). The molecule has 1 aliphatic rings. The van der Waals surface area contributed by atoms with Crippen LogP contribution in [0.3, 0.4) is 0 Å². The molecule has 1 aliphatic heterocycles. The lowest BCUT2D eigenvalue weighted by Crippen LogP contribution is -2.28. The van der Waals surface area contributed by atoms with Crippen molar-refractivity contribution in [3.8, 4) is 0 Å².